The molecule has 1 aromatic heterocycles. The second-order valence-corrected chi connectivity index (χ2v) is 4.83. The third kappa shape index (κ3) is 3.75. The summed E-state index contributed by atoms with van der Waals surface area (Å²) in [4.78, 5) is 26.8. The summed E-state index contributed by atoms with van der Waals surface area (Å²) in [5.74, 6) is -0.538. The highest BCUT2D eigenvalue weighted by atomic mass is 16.5. The first-order chi connectivity index (χ1) is 9.10. The van der Waals surface area contributed by atoms with Crippen molar-refractivity contribution in [2.45, 2.75) is 24.8 Å². The van der Waals surface area contributed by atoms with Crippen molar-refractivity contribution < 1.29 is 14.3 Å². The maximum absolute atomic E-state index is 11.9. The summed E-state index contributed by atoms with van der Waals surface area (Å²) in [7, 11) is 0. The average molecular weight is 263 g/mol. The second kappa shape index (κ2) is 5.79. The van der Waals surface area contributed by atoms with Gasteiger partial charge in [-0.3, -0.25) is 14.6 Å². The van der Waals surface area contributed by atoms with E-state index < -0.39 is 11.4 Å². The van der Waals surface area contributed by atoms with Crippen LogP contribution in [0.15, 0.2) is 24.5 Å². The number of ether oxygens (including phenoxy) is 1. The van der Waals surface area contributed by atoms with Gasteiger partial charge < -0.3 is 15.8 Å². The molecule has 102 valence electrons. The van der Waals surface area contributed by atoms with Crippen LogP contribution < -0.4 is 11.1 Å². The lowest BCUT2D eigenvalue weighted by Gasteiger charge is -2.41. The smallest absolute Gasteiger partial charge is 0.220 e. The molecule has 3 N–H and O–H groups in total. The number of primary amides is 1. The van der Waals surface area contributed by atoms with E-state index in [4.69, 9.17) is 10.5 Å². The second-order valence-electron chi connectivity index (χ2n) is 4.83. The van der Waals surface area contributed by atoms with E-state index in [0.29, 0.717) is 26.1 Å². The van der Waals surface area contributed by atoms with Crippen molar-refractivity contribution in [3.8, 4) is 0 Å². The van der Waals surface area contributed by atoms with Gasteiger partial charge in [-0.25, -0.2) is 0 Å². The molecule has 1 aromatic rings. The maximum atomic E-state index is 11.9. The standard InChI is InChI=1S/C13H17N3O3/c14-11(17)6-13(8-19-9-13)16-12(18)4-3-10-2-1-5-15-7-10/h1-2,5,7H,3-4,6,8-9H2,(H2,14,17)(H,16,18). The van der Waals surface area contributed by atoms with Gasteiger partial charge in [0, 0.05) is 18.8 Å². The number of nitrogens with two attached hydrogens (primary N) is 1. The first-order valence-corrected chi connectivity index (χ1v) is 6.16. The van der Waals surface area contributed by atoms with Crippen LogP contribution in [0.4, 0.5) is 0 Å². The van der Waals surface area contributed by atoms with E-state index in [1.165, 1.54) is 0 Å². The predicted molar refractivity (Wildman–Crippen MR) is 68.1 cm³/mol. The molecule has 1 fully saturated rings. The normalized spacial score (nSPS) is 16.4. The quantitative estimate of drug-likeness (QED) is 0.741. The number of hydrogen-bond acceptors (Lipinski definition) is 4. The van der Waals surface area contributed by atoms with Crippen LogP contribution in [0.2, 0.25) is 0 Å². The van der Waals surface area contributed by atoms with Gasteiger partial charge in [0.2, 0.25) is 11.8 Å². The van der Waals surface area contributed by atoms with Crippen LogP contribution in [0.3, 0.4) is 0 Å². The topological polar surface area (TPSA) is 94.3 Å². The number of hydrogen-bond donors (Lipinski definition) is 2. The summed E-state index contributed by atoms with van der Waals surface area (Å²) in [5, 5.41) is 2.85. The number of carbonyl (C=O) groups excluding carboxylic acids is 2. The molecular formula is C13H17N3O3. The van der Waals surface area contributed by atoms with Gasteiger partial charge in [-0.05, 0) is 18.1 Å². The van der Waals surface area contributed by atoms with E-state index in [0.717, 1.165) is 5.56 Å². The highest BCUT2D eigenvalue weighted by Crippen LogP contribution is 2.21. The third-order valence-electron chi connectivity index (χ3n) is 3.04. The molecule has 2 rings (SSSR count). The van der Waals surface area contributed by atoms with Crippen molar-refractivity contribution in [2.24, 2.45) is 5.73 Å². The molecule has 19 heavy (non-hydrogen) atoms. The molecule has 6 heteroatoms. The zero-order chi connectivity index (χ0) is 13.7. The number of pyridine rings is 1. The van der Waals surface area contributed by atoms with Gasteiger partial charge in [0.25, 0.3) is 0 Å². The summed E-state index contributed by atoms with van der Waals surface area (Å²) in [5.41, 5.74) is 5.58. The molecule has 6 nitrogen and oxygen atoms in total. The van der Waals surface area contributed by atoms with Gasteiger partial charge in [-0.2, -0.15) is 0 Å². The van der Waals surface area contributed by atoms with Crippen molar-refractivity contribution in [1.29, 1.82) is 0 Å². The Morgan fingerprint density at radius 3 is 2.79 bits per heavy atom. The third-order valence-corrected chi connectivity index (χ3v) is 3.04. The lowest BCUT2D eigenvalue weighted by atomic mass is 9.92. The molecule has 0 radical (unpaired) electrons. The summed E-state index contributed by atoms with van der Waals surface area (Å²) >= 11 is 0. The SMILES string of the molecule is NC(=O)CC1(NC(=O)CCc2cccnc2)COC1. The van der Waals surface area contributed by atoms with E-state index in [-0.39, 0.29) is 12.3 Å². The van der Waals surface area contributed by atoms with Crippen LogP contribution in [0.25, 0.3) is 0 Å². The number of nitrogens with zero attached hydrogens (tertiary/aromatic N) is 1. The van der Waals surface area contributed by atoms with Gasteiger partial charge in [-0.15, -0.1) is 0 Å². The molecule has 0 bridgehead atoms. The molecule has 0 saturated carbocycles. The van der Waals surface area contributed by atoms with Crippen LogP contribution in [0.5, 0.6) is 0 Å². The van der Waals surface area contributed by atoms with Crippen LogP contribution in [0, 0.1) is 0 Å². The molecule has 0 unspecified atom stereocenters. The Hall–Kier alpha value is -1.95. The van der Waals surface area contributed by atoms with Crippen molar-refractivity contribution >= 4 is 11.8 Å². The fourth-order valence-corrected chi connectivity index (χ4v) is 2.06. The molecule has 0 aliphatic carbocycles. The first kappa shape index (κ1) is 13.5. The van der Waals surface area contributed by atoms with Crippen LogP contribution in [-0.4, -0.2) is 35.6 Å². The number of rotatable bonds is 6. The molecular weight excluding hydrogens is 246 g/mol. The Morgan fingerprint density at radius 1 is 1.47 bits per heavy atom. The Morgan fingerprint density at radius 2 is 2.26 bits per heavy atom. The molecule has 0 aromatic carbocycles. The van der Waals surface area contributed by atoms with Crippen molar-refractivity contribution in [2.75, 3.05) is 13.2 Å². The molecule has 2 heterocycles. The first-order valence-electron chi connectivity index (χ1n) is 6.16. The minimum absolute atomic E-state index is 0.103. The number of amides is 2. The minimum atomic E-state index is -0.599. The van der Waals surface area contributed by atoms with Crippen LogP contribution in [0.1, 0.15) is 18.4 Å². The maximum Gasteiger partial charge on any atom is 0.220 e. The fourth-order valence-electron chi connectivity index (χ4n) is 2.06. The number of carbonyl (C=O) groups is 2. The molecule has 2 amide bonds. The van der Waals surface area contributed by atoms with Crippen molar-refractivity contribution in [3.63, 3.8) is 0 Å². The van der Waals surface area contributed by atoms with Gasteiger partial charge in [0.05, 0.1) is 25.2 Å². The summed E-state index contributed by atoms with van der Waals surface area (Å²) in [6, 6.07) is 3.76. The molecule has 1 aliphatic rings. The molecule has 0 spiro atoms. The van der Waals surface area contributed by atoms with E-state index in [1.54, 1.807) is 12.4 Å². The van der Waals surface area contributed by atoms with Crippen LogP contribution in [-0.2, 0) is 20.7 Å². The minimum Gasteiger partial charge on any atom is -0.376 e. The fraction of sp³-hybridized carbons (Fsp3) is 0.462. The van der Waals surface area contributed by atoms with Gasteiger partial charge in [0.1, 0.15) is 0 Å². The Balaban J connectivity index is 1.82. The van der Waals surface area contributed by atoms with Gasteiger partial charge >= 0.3 is 0 Å². The monoisotopic (exact) mass is 263 g/mol. The zero-order valence-electron chi connectivity index (χ0n) is 10.6. The van der Waals surface area contributed by atoms with E-state index >= 15 is 0 Å². The van der Waals surface area contributed by atoms with Crippen molar-refractivity contribution in [1.82, 2.24) is 10.3 Å². The zero-order valence-corrected chi connectivity index (χ0v) is 10.6. The molecule has 1 aliphatic heterocycles. The summed E-state index contributed by atoms with van der Waals surface area (Å²) in [6.45, 7) is 0.684. The molecule has 0 atom stereocenters. The van der Waals surface area contributed by atoms with E-state index in [2.05, 4.69) is 10.3 Å². The summed E-state index contributed by atoms with van der Waals surface area (Å²) < 4.78 is 5.07. The lowest BCUT2D eigenvalue weighted by molar-refractivity contribution is -0.138. The average Bonchev–Trinajstić information content (AvgIpc) is 2.34. The highest BCUT2D eigenvalue weighted by Gasteiger charge is 2.41. The van der Waals surface area contributed by atoms with E-state index in [1.807, 2.05) is 12.1 Å². The van der Waals surface area contributed by atoms with E-state index in [9.17, 15) is 9.59 Å². The largest absolute Gasteiger partial charge is 0.376 e. The number of aromatic nitrogens is 1. The Labute approximate surface area is 111 Å². The Kier molecular flexibility index (Phi) is 4.11. The van der Waals surface area contributed by atoms with Gasteiger partial charge in [0.15, 0.2) is 0 Å². The number of aryl methyl sites for hydroxylation is 1. The Bertz CT molecular complexity index is 457. The lowest BCUT2D eigenvalue weighted by Crippen LogP contribution is -2.63. The van der Waals surface area contributed by atoms with Gasteiger partial charge in [-0.1, -0.05) is 6.07 Å². The summed E-state index contributed by atoms with van der Waals surface area (Å²) in [6.07, 6.45) is 4.51. The number of nitrogens with one attached hydrogen (secondary N) is 1. The highest BCUT2D eigenvalue weighted by molar-refractivity contribution is 5.80. The van der Waals surface area contributed by atoms with Crippen LogP contribution >= 0.6 is 0 Å². The molecule has 1 saturated heterocycles. The van der Waals surface area contributed by atoms with Crippen molar-refractivity contribution in [3.05, 3.63) is 30.1 Å². The predicted octanol–water partition coefficient (Wildman–Crippen LogP) is -0.225.